The number of nitriles is 1. The Kier molecular flexibility index (Phi) is 14.1. The van der Waals surface area contributed by atoms with Crippen LogP contribution in [0.2, 0.25) is 0 Å². The largest absolute Gasteiger partial charge is 0.416 e. The highest BCUT2D eigenvalue weighted by molar-refractivity contribution is 8.06. The molecule has 0 aromatic heterocycles. The van der Waals surface area contributed by atoms with Crippen molar-refractivity contribution in [2.45, 2.75) is 35.4 Å². The minimum atomic E-state index is -4.77. The first-order valence-corrected chi connectivity index (χ1v) is 21.3. The third-order valence-electron chi connectivity index (χ3n) is 10.7. The number of alkyl halides is 12. The van der Waals surface area contributed by atoms with Crippen molar-refractivity contribution in [3.05, 3.63) is 221 Å². The molecule has 7 rings (SSSR count). The summed E-state index contributed by atoms with van der Waals surface area (Å²) in [6.45, 7) is 0. The molecule has 2 nitrogen and oxygen atoms in total. The Bertz CT molecular complexity index is 2640. The molecule has 0 aliphatic heterocycles. The highest BCUT2D eigenvalue weighted by Gasteiger charge is 2.38. The number of halogens is 12. The van der Waals surface area contributed by atoms with Crippen molar-refractivity contribution in [1.82, 2.24) is 0 Å². The Balaban J connectivity index is 0.000000245. The summed E-state index contributed by atoms with van der Waals surface area (Å²) in [5.41, 5.74) is -1.97. The molecule has 0 saturated carbocycles. The van der Waals surface area contributed by atoms with Gasteiger partial charge in [0.1, 0.15) is 6.15 Å². The molecule has 0 heterocycles. The maximum absolute atomic E-state index is 13.6. The van der Waals surface area contributed by atoms with Crippen molar-refractivity contribution in [3.63, 3.8) is 0 Å². The van der Waals surface area contributed by atoms with Gasteiger partial charge < -0.3 is 0 Å². The molecule has 7 aromatic carbocycles. The summed E-state index contributed by atoms with van der Waals surface area (Å²) >= 11 is 0. The van der Waals surface area contributed by atoms with Crippen molar-refractivity contribution in [2.75, 3.05) is 0 Å². The van der Waals surface area contributed by atoms with Gasteiger partial charge in [0.15, 0.2) is 25.8 Å². The van der Waals surface area contributed by atoms with Crippen LogP contribution in [0.5, 0.6) is 0 Å². The number of hydrogen-bond acceptors (Lipinski definition) is 2. The van der Waals surface area contributed by atoms with Gasteiger partial charge in [-0.05, 0) is 42.3 Å². The Labute approximate surface area is 372 Å². The van der Waals surface area contributed by atoms with E-state index in [-0.39, 0.29) is 21.9 Å². The maximum atomic E-state index is 13.6. The summed E-state index contributed by atoms with van der Waals surface area (Å²) in [4.78, 5) is 0.725. The summed E-state index contributed by atoms with van der Waals surface area (Å²) in [7, 11) is -2.58. The fourth-order valence-corrected chi connectivity index (χ4v) is 9.29. The number of rotatable bonds is 7. The fourth-order valence-electron chi connectivity index (χ4n) is 7.39. The number of nitrogens with zero attached hydrogens (tertiary/aromatic N) is 1. The first kappa shape index (κ1) is 48.4. The van der Waals surface area contributed by atoms with Crippen LogP contribution in [-0.4, -0.2) is 6.15 Å². The third-order valence-corrected chi connectivity index (χ3v) is 12.9. The lowest BCUT2D eigenvalue weighted by atomic mass is 9.13. The predicted octanol–water partition coefficient (Wildman–Crippen LogP) is 11.8. The van der Waals surface area contributed by atoms with Crippen molar-refractivity contribution < 1.29 is 56.9 Å². The minimum absolute atomic E-state index is 0.0114. The first-order chi connectivity index (χ1) is 31.0. The Morgan fingerprint density at radius 3 is 1.03 bits per heavy atom. The van der Waals surface area contributed by atoms with Gasteiger partial charge in [-0.2, -0.15) is 79.8 Å². The van der Waals surface area contributed by atoms with Gasteiger partial charge >= 0.3 is 24.7 Å². The Hall–Kier alpha value is -7.04. The summed E-state index contributed by atoms with van der Waals surface area (Å²) in [6, 6.07) is 41.7. The topological polar surface area (TPSA) is 40.9 Å². The van der Waals surface area contributed by atoms with Crippen LogP contribution in [-0.2, 0) is 44.6 Å². The van der Waals surface area contributed by atoms with Gasteiger partial charge in [-0.3, -0.25) is 0 Å². The van der Waals surface area contributed by atoms with E-state index in [9.17, 15) is 56.9 Å². The lowest BCUT2D eigenvalue weighted by Gasteiger charge is -2.44. The molecular weight excluding hydrogens is 901 g/mol. The molecule has 0 radical (unpaired) electrons. The normalized spacial score (nSPS) is 13.0. The molecule has 0 N–H and O–H groups in total. The van der Waals surface area contributed by atoms with E-state index in [4.69, 9.17) is 5.26 Å². The predicted molar refractivity (Wildman–Crippen MR) is 231 cm³/mol. The van der Waals surface area contributed by atoms with Crippen molar-refractivity contribution in [3.8, 4) is 17.2 Å². The van der Waals surface area contributed by atoms with Gasteiger partial charge in [-0.25, -0.2) is 0 Å². The molecule has 0 fully saturated rings. The summed E-state index contributed by atoms with van der Waals surface area (Å²) in [5, 5.41) is 11.9. The van der Waals surface area contributed by atoms with Crippen LogP contribution in [0.3, 0.4) is 0 Å². The highest BCUT2D eigenvalue weighted by Crippen LogP contribution is 2.33. The van der Waals surface area contributed by atoms with Crippen LogP contribution in [0.1, 0.15) is 38.9 Å². The summed E-state index contributed by atoms with van der Waals surface area (Å²) in [6.07, 6.45) is -22.0. The molecule has 7 aromatic rings. The van der Waals surface area contributed by atoms with Crippen LogP contribution in [0, 0.1) is 22.5 Å². The number of benzene rings is 7. The van der Waals surface area contributed by atoms with Crippen molar-refractivity contribution in [2.24, 2.45) is 0 Å². The molecule has 0 spiro atoms. The second-order valence-electron chi connectivity index (χ2n) is 14.9. The zero-order chi connectivity index (χ0) is 48.0. The van der Waals surface area contributed by atoms with Crippen LogP contribution < -0.4 is 21.9 Å². The summed E-state index contributed by atoms with van der Waals surface area (Å²) in [5.74, 6) is 3.37. The highest BCUT2D eigenvalue weighted by atomic mass is 32.2. The SMILES string of the molecule is FC(F)(F)c1ccc([B-](c2ccc(C(F)(F)F)cc2)(c2ccc(C(F)(F)F)cc2)c2ccc(C(F)(F)F)cc2)cc1.N#Cc1ccc(C[S+](=O)(C#Cc2ccccc2)c2ccccc2)cc1. The van der Waals surface area contributed by atoms with Crippen LogP contribution >= 0.6 is 0 Å². The van der Waals surface area contributed by atoms with Crippen molar-refractivity contribution >= 4 is 37.9 Å². The van der Waals surface area contributed by atoms with E-state index in [0.717, 1.165) is 64.6 Å². The second kappa shape index (κ2) is 19.2. The average molecular weight is 934 g/mol. The van der Waals surface area contributed by atoms with Gasteiger partial charge in [0.05, 0.1) is 33.9 Å². The van der Waals surface area contributed by atoms with Gasteiger partial charge in [-0.1, -0.05) is 150 Å². The molecule has 0 saturated heterocycles. The minimum Gasteiger partial charge on any atom is -0.195 e. The molecule has 0 bridgehead atoms. The monoisotopic (exact) mass is 933 g/mol. The van der Waals surface area contributed by atoms with E-state index in [2.05, 4.69) is 17.2 Å². The molecule has 0 aliphatic rings. The molecule has 336 valence electrons. The van der Waals surface area contributed by atoms with Gasteiger partial charge in [0, 0.05) is 11.1 Å². The molecular formula is C50H32BF12NOS. The maximum Gasteiger partial charge on any atom is 0.416 e. The fraction of sp³-hybridized carbons (Fsp3) is 0.100. The van der Waals surface area contributed by atoms with Gasteiger partial charge in [0.25, 0.3) is 0 Å². The standard InChI is InChI=1S/C28H16BF12.C22H16NOS/c30-25(31,32)17-1-9-21(10-2-17)29(22-11-3-18(4-12-22)26(33,34)35,23-13-5-19(6-14-23)27(36,37)38)24-15-7-20(8-16-24)28(39,40)41;23-17-20-11-13-21(14-12-20)18-25(24,22-9-5-2-6-10-22)16-15-19-7-3-1-4-8-19/h1-16H;1-14H,18H2/q-1;+1. The van der Waals surface area contributed by atoms with Crippen LogP contribution in [0.4, 0.5) is 52.7 Å². The molecule has 66 heavy (non-hydrogen) atoms. The zero-order valence-corrected chi connectivity index (χ0v) is 34.7. The number of hydrogen-bond donors (Lipinski definition) is 0. The first-order valence-electron chi connectivity index (χ1n) is 19.5. The smallest absolute Gasteiger partial charge is 0.195 e. The molecule has 0 aliphatic carbocycles. The van der Waals surface area contributed by atoms with E-state index >= 15 is 0 Å². The van der Waals surface area contributed by atoms with E-state index < -0.39 is 63.0 Å². The average Bonchev–Trinajstić information content (AvgIpc) is 3.29. The van der Waals surface area contributed by atoms with E-state index in [1.807, 2.05) is 72.8 Å². The molecule has 1 atom stereocenters. The molecule has 1 unspecified atom stereocenters. The third kappa shape index (κ3) is 11.2. The van der Waals surface area contributed by atoms with Crippen LogP contribution in [0.25, 0.3) is 0 Å². The lowest BCUT2D eigenvalue weighted by molar-refractivity contribution is -0.138. The molecule has 0 amide bonds. The van der Waals surface area contributed by atoms with E-state index in [1.165, 1.54) is 0 Å². The second-order valence-corrected chi connectivity index (χ2v) is 17.2. The van der Waals surface area contributed by atoms with Crippen molar-refractivity contribution in [1.29, 1.82) is 5.26 Å². The van der Waals surface area contributed by atoms with E-state index in [1.54, 1.807) is 12.1 Å². The molecule has 16 heteroatoms. The van der Waals surface area contributed by atoms with Crippen LogP contribution in [0.15, 0.2) is 187 Å². The Morgan fingerprint density at radius 2 is 0.727 bits per heavy atom. The summed E-state index contributed by atoms with van der Waals surface area (Å²) < 4.78 is 174. The van der Waals surface area contributed by atoms with Gasteiger partial charge in [0.2, 0.25) is 0 Å². The van der Waals surface area contributed by atoms with Gasteiger partial charge in [-0.15, -0.1) is 0 Å². The Morgan fingerprint density at radius 1 is 0.409 bits per heavy atom. The zero-order valence-electron chi connectivity index (χ0n) is 33.9. The lowest BCUT2D eigenvalue weighted by Crippen LogP contribution is -2.74. The van der Waals surface area contributed by atoms with E-state index in [0.29, 0.717) is 59.8 Å². The quantitative estimate of drug-likeness (QED) is 0.0692.